The van der Waals surface area contributed by atoms with Crippen LogP contribution in [0.15, 0.2) is 4.52 Å². The molecule has 7 nitrogen and oxygen atoms in total. The molecule has 3 N–H and O–H groups in total. The fraction of sp³-hybridized carbons (Fsp3) is 0.667. The lowest BCUT2D eigenvalue weighted by molar-refractivity contribution is -0.173. The SMILES string of the molecule is NC(=O)CNCc1nc(CCOCC(F)(F)F)no1. The number of alkyl halides is 3. The van der Waals surface area contributed by atoms with Crippen molar-refractivity contribution in [2.24, 2.45) is 5.73 Å². The van der Waals surface area contributed by atoms with E-state index in [9.17, 15) is 18.0 Å². The molecule has 0 saturated heterocycles. The van der Waals surface area contributed by atoms with E-state index >= 15 is 0 Å². The first-order chi connectivity index (χ1) is 8.87. The molecule has 0 aromatic carbocycles. The van der Waals surface area contributed by atoms with Crippen LogP contribution in [0.2, 0.25) is 0 Å². The van der Waals surface area contributed by atoms with Gasteiger partial charge in [-0.2, -0.15) is 18.2 Å². The second-order valence-corrected chi connectivity index (χ2v) is 3.59. The van der Waals surface area contributed by atoms with Crippen molar-refractivity contribution in [1.29, 1.82) is 0 Å². The Kier molecular flexibility index (Phi) is 5.70. The molecule has 19 heavy (non-hydrogen) atoms. The van der Waals surface area contributed by atoms with Gasteiger partial charge in [-0.25, -0.2) is 0 Å². The van der Waals surface area contributed by atoms with Crippen molar-refractivity contribution in [2.45, 2.75) is 19.1 Å². The fourth-order valence-electron chi connectivity index (χ4n) is 1.11. The number of halogens is 3. The van der Waals surface area contributed by atoms with Gasteiger partial charge in [0.1, 0.15) is 6.61 Å². The van der Waals surface area contributed by atoms with Crippen molar-refractivity contribution in [3.8, 4) is 0 Å². The van der Waals surface area contributed by atoms with Crippen LogP contribution >= 0.6 is 0 Å². The minimum Gasteiger partial charge on any atom is -0.372 e. The van der Waals surface area contributed by atoms with Crippen LogP contribution in [-0.4, -0.2) is 42.0 Å². The van der Waals surface area contributed by atoms with E-state index in [1.165, 1.54) is 0 Å². The van der Waals surface area contributed by atoms with Crippen molar-refractivity contribution in [1.82, 2.24) is 15.5 Å². The predicted octanol–water partition coefficient (Wildman–Crippen LogP) is -0.234. The highest BCUT2D eigenvalue weighted by Crippen LogP contribution is 2.14. The highest BCUT2D eigenvalue weighted by molar-refractivity contribution is 5.75. The molecule has 0 saturated carbocycles. The summed E-state index contributed by atoms with van der Waals surface area (Å²) in [7, 11) is 0. The van der Waals surface area contributed by atoms with E-state index in [2.05, 4.69) is 20.2 Å². The number of ether oxygens (including phenoxy) is 1. The van der Waals surface area contributed by atoms with Gasteiger partial charge in [0.05, 0.1) is 19.7 Å². The minimum atomic E-state index is -4.35. The summed E-state index contributed by atoms with van der Waals surface area (Å²) in [5, 5.41) is 6.20. The zero-order valence-corrected chi connectivity index (χ0v) is 9.87. The fourth-order valence-corrected chi connectivity index (χ4v) is 1.11. The van der Waals surface area contributed by atoms with Crippen LogP contribution in [0.4, 0.5) is 13.2 Å². The summed E-state index contributed by atoms with van der Waals surface area (Å²) >= 11 is 0. The molecule has 1 heterocycles. The lowest BCUT2D eigenvalue weighted by Gasteiger charge is -2.05. The Morgan fingerprint density at radius 3 is 2.84 bits per heavy atom. The minimum absolute atomic E-state index is 0.0353. The van der Waals surface area contributed by atoms with Gasteiger partial charge in [-0.3, -0.25) is 10.1 Å². The lowest BCUT2D eigenvalue weighted by Crippen LogP contribution is -2.28. The van der Waals surface area contributed by atoms with E-state index in [0.29, 0.717) is 0 Å². The number of nitrogens with one attached hydrogen (secondary N) is 1. The summed E-state index contributed by atoms with van der Waals surface area (Å²) in [6, 6.07) is 0. The van der Waals surface area contributed by atoms with Gasteiger partial charge in [-0.15, -0.1) is 0 Å². The smallest absolute Gasteiger partial charge is 0.372 e. The molecule has 0 radical (unpaired) electrons. The molecule has 0 spiro atoms. The number of hydrogen-bond donors (Lipinski definition) is 2. The molecule has 0 atom stereocenters. The van der Waals surface area contributed by atoms with Crippen molar-refractivity contribution in [2.75, 3.05) is 19.8 Å². The number of rotatable bonds is 8. The van der Waals surface area contributed by atoms with E-state index < -0.39 is 18.7 Å². The topological polar surface area (TPSA) is 103 Å². The number of carbonyl (C=O) groups excluding carboxylic acids is 1. The zero-order chi connectivity index (χ0) is 14.3. The van der Waals surface area contributed by atoms with Crippen LogP contribution in [0.5, 0.6) is 0 Å². The molecule has 0 bridgehead atoms. The van der Waals surface area contributed by atoms with Crippen LogP contribution < -0.4 is 11.1 Å². The number of carbonyl (C=O) groups is 1. The molecular formula is C9H13F3N4O3. The zero-order valence-electron chi connectivity index (χ0n) is 9.87. The van der Waals surface area contributed by atoms with Gasteiger partial charge < -0.3 is 15.0 Å². The quantitative estimate of drug-likeness (QED) is 0.638. The van der Waals surface area contributed by atoms with Crippen LogP contribution in [0.1, 0.15) is 11.7 Å². The van der Waals surface area contributed by atoms with Crippen molar-refractivity contribution < 1.29 is 27.2 Å². The number of amides is 1. The maximum absolute atomic E-state index is 11.8. The number of nitrogens with zero attached hydrogens (tertiary/aromatic N) is 2. The Balaban J connectivity index is 2.21. The number of nitrogens with two attached hydrogens (primary N) is 1. The number of aromatic nitrogens is 2. The average molecular weight is 282 g/mol. The third-order valence-corrected chi connectivity index (χ3v) is 1.82. The summed E-state index contributed by atoms with van der Waals surface area (Å²) in [6.07, 6.45) is -4.24. The Hall–Kier alpha value is -1.68. The Bertz CT molecular complexity index is 408. The molecule has 1 aromatic heterocycles. The first kappa shape index (κ1) is 15.4. The molecule has 10 heteroatoms. The standard InChI is InChI=1S/C9H13F3N4O3/c10-9(11,12)5-18-2-1-7-15-8(19-16-7)4-14-3-6(13)17/h14H,1-5H2,(H2,13,17). The van der Waals surface area contributed by atoms with E-state index in [4.69, 9.17) is 10.3 Å². The van der Waals surface area contributed by atoms with E-state index in [1.54, 1.807) is 0 Å². The van der Waals surface area contributed by atoms with E-state index in [-0.39, 0.29) is 37.8 Å². The van der Waals surface area contributed by atoms with Gasteiger partial charge in [0.15, 0.2) is 5.82 Å². The lowest BCUT2D eigenvalue weighted by atomic mass is 10.4. The van der Waals surface area contributed by atoms with Crippen LogP contribution in [0.25, 0.3) is 0 Å². The Labute approximate surface area is 106 Å². The second kappa shape index (κ2) is 7.04. The summed E-state index contributed by atoms with van der Waals surface area (Å²) in [5.41, 5.74) is 4.90. The van der Waals surface area contributed by atoms with Gasteiger partial charge in [0, 0.05) is 6.42 Å². The molecule has 0 aliphatic heterocycles. The highest BCUT2D eigenvalue weighted by atomic mass is 19.4. The number of hydrogen-bond acceptors (Lipinski definition) is 6. The van der Waals surface area contributed by atoms with Gasteiger partial charge in [-0.1, -0.05) is 5.16 Å². The van der Waals surface area contributed by atoms with Gasteiger partial charge in [-0.05, 0) is 0 Å². The average Bonchev–Trinajstić information content (AvgIpc) is 2.71. The molecule has 0 unspecified atom stereocenters. The number of primary amides is 1. The van der Waals surface area contributed by atoms with Crippen LogP contribution in [-0.2, 0) is 22.5 Å². The summed E-state index contributed by atoms with van der Waals surface area (Å²) < 4.78 is 44.5. The maximum Gasteiger partial charge on any atom is 0.411 e. The first-order valence-electron chi connectivity index (χ1n) is 5.32. The second-order valence-electron chi connectivity index (χ2n) is 3.59. The molecule has 0 fully saturated rings. The summed E-state index contributed by atoms with van der Waals surface area (Å²) in [5.74, 6) is -0.0783. The van der Waals surface area contributed by atoms with E-state index in [1.807, 2.05) is 0 Å². The van der Waals surface area contributed by atoms with Crippen LogP contribution in [0, 0.1) is 0 Å². The van der Waals surface area contributed by atoms with Gasteiger partial charge in [0.2, 0.25) is 11.8 Å². The molecule has 1 amide bonds. The third-order valence-electron chi connectivity index (χ3n) is 1.82. The first-order valence-corrected chi connectivity index (χ1v) is 5.32. The molecule has 1 rings (SSSR count). The van der Waals surface area contributed by atoms with E-state index in [0.717, 1.165) is 0 Å². The van der Waals surface area contributed by atoms with Crippen molar-refractivity contribution >= 4 is 5.91 Å². The predicted molar refractivity (Wildman–Crippen MR) is 55.8 cm³/mol. The van der Waals surface area contributed by atoms with Gasteiger partial charge in [0.25, 0.3) is 0 Å². The largest absolute Gasteiger partial charge is 0.411 e. The molecule has 0 aliphatic rings. The molecule has 1 aromatic rings. The van der Waals surface area contributed by atoms with Crippen molar-refractivity contribution in [3.63, 3.8) is 0 Å². The molecule has 108 valence electrons. The monoisotopic (exact) mass is 282 g/mol. The van der Waals surface area contributed by atoms with Crippen LogP contribution in [0.3, 0.4) is 0 Å². The third kappa shape index (κ3) is 7.36. The molecular weight excluding hydrogens is 269 g/mol. The van der Waals surface area contributed by atoms with Crippen molar-refractivity contribution in [3.05, 3.63) is 11.7 Å². The van der Waals surface area contributed by atoms with Gasteiger partial charge >= 0.3 is 6.18 Å². The summed E-state index contributed by atoms with van der Waals surface area (Å²) in [4.78, 5) is 14.3. The molecule has 0 aliphatic carbocycles. The maximum atomic E-state index is 11.8. The Morgan fingerprint density at radius 1 is 1.47 bits per heavy atom. The highest BCUT2D eigenvalue weighted by Gasteiger charge is 2.27. The summed E-state index contributed by atoms with van der Waals surface area (Å²) in [6.45, 7) is -1.35. The Morgan fingerprint density at radius 2 is 2.21 bits per heavy atom. The normalized spacial score (nSPS) is 11.7.